The molecule has 3 unspecified atom stereocenters. The third kappa shape index (κ3) is 3.76. The summed E-state index contributed by atoms with van der Waals surface area (Å²) in [5, 5.41) is 3.17. The zero-order valence-corrected chi connectivity index (χ0v) is 14.0. The summed E-state index contributed by atoms with van der Waals surface area (Å²) in [5.41, 5.74) is -0.624. The predicted octanol–water partition coefficient (Wildman–Crippen LogP) is 1.09. The van der Waals surface area contributed by atoms with E-state index in [-0.39, 0.29) is 5.97 Å². The molecule has 5 nitrogen and oxygen atoms in total. The predicted molar refractivity (Wildman–Crippen MR) is 84.3 cm³/mol. The maximum absolute atomic E-state index is 12.2. The van der Waals surface area contributed by atoms with Gasteiger partial charge in [-0.15, -0.1) is 0 Å². The molecular weight excluding hydrogens is 266 g/mol. The number of likely N-dealkylation sites (N-methyl/N-ethyl adjacent to an activating group) is 1. The second-order valence-electron chi connectivity index (χ2n) is 6.73. The minimum Gasteiger partial charge on any atom is -0.465 e. The van der Waals surface area contributed by atoms with Gasteiger partial charge in [-0.25, -0.2) is 0 Å². The molecule has 1 N–H and O–H groups in total. The van der Waals surface area contributed by atoms with Crippen LogP contribution in [0, 0.1) is 0 Å². The van der Waals surface area contributed by atoms with Crippen molar-refractivity contribution in [3.05, 3.63) is 0 Å². The first-order valence-corrected chi connectivity index (χ1v) is 8.34. The fourth-order valence-electron chi connectivity index (χ4n) is 3.58. The summed E-state index contributed by atoms with van der Waals surface area (Å²) in [4.78, 5) is 17.3. The Hall–Kier alpha value is -0.650. The quantitative estimate of drug-likeness (QED) is 0.770. The molecule has 0 bridgehead atoms. The molecule has 0 spiro atoms. The highest BCUT2D eigenvalue weighted by atomic mass is 16.5. The van der Waals surface area contributed by atoms with Crippen LogP contribution in [0.1, 0.15) is 40.0 Å². The Bertz CT molecular complexity index is 363. The summed E-state index contributed by atoms with van der Waals surface area (Å²) in [6.45, 7) is 10.7. The molecule has 5 heteroatoms. The molecular formula is C16H31N3O2. The minimum absolute atomic E-state index is 0.147. The SMILES string of the molecule is CCOC(=O)C(C)(CN1CC2CCCCN2CC1C)NC. The summed E-state index contributed by atoms with van der Waals surface area (Å²) in [6, 6.07) is 1.15. The van der Waals surface area contributed by atoms with E-state index in [4.69, 9.17) is 4.74 Å². The van der Waals surface area contributed by atoms with Gasteiger partial charge in [0.25, 0.3) is 0 Å². The number of nitrogens with one attached hydrogen (secondary N) is 1. The van der Waals surface area contributed by atoms with E-state index >= 15 is 0 Å². The van der Waals surface area contributed by atoms with Crippen LogP contribution in [0.25, 0.3) is 0 Å². The standard InChI is InChI=1S/C16H31N3O2/c1-5-21-15(20)16(3,17-4)12-19-11-14-8-6-7-9-18(14)10-13(19)2/h13-14,17H,5-12H2,1-4H3. The normalized spacial score (nSPS) is 30.5. The molecule has 2 heterocycles. The van der Waals surface area contributed by atoms with Gasteiger partial charge in [-0.2, -0.15) is 0 Å². The third-order valence-corrected chi connectivity index (χ3v) is 5.11. The first-order chi connectivity index (χ1) is 10.00. The van der Waals surface area contributed by atoms with Gasteiger partial charge in [0.2, 0.25) is 0 Å². The van der Waals surface area contributed by atoms with Crippen LogP contribution in [0.4, 0.5) is 0 Å². The summed E-state index contributed by atoms with van der Waals surface area (Å²) < 4.78 is 5.24. The smallest absolute Gasteiger partial charge is 0.327 e. The molecule has 122 valence electrons. The molecule has 0 aromatic heterocycles. The third-order valence-electron chi connectivity index (χ3n) is 5.11. The molecule has 2 saturated heterocycles. The van der Waals surface area contributed by atoms with Crippen molar-refractivity contribution in [3.63, 3.8) is 0 Å². The summed E-state index contributed by atoms with van der Waals surface area (Å²) >= 11 is 0. The van der Waals surface area contributed by atoms with Crippen LogP contribution in [0.3, 0.4) is 0 Å². The van der Waals surface area contributed by atoms with Crippen molar-refractivity contribution < 1.29 is 9.53 Å². The zero-order valence-electron chi connectivity index (χ0n) is 14.0. The number of nitrogens with zero attached hydrogens (tertiary/aromatic N) is 2. The molecule has 0 amide bonds. The number of carbonyl (C=O) groups excluding carboxylic acids is 1. The Morgan fingerprint density at radius 1 is 1.38 bits per heavy atom. The number of piperazine rings is 1. The van der Waals surface area contributed by atoms with Crippen molar-refractivity contribution >= 4 is 5.97 Å². The lowest BCUT2D eigenvalue weighted by Crippen LogP contribution is -2.64. The number of piperidine rings is 1. The second-order valence-corrected chi connectivity index (χ2v) is 6.73. The van der Waals surface area contributed by atoms with Gasteiger partial charge in [-0.3, -0.25) is 14.6 Å². The number of ether oxygens (including phenoxy) is 1. The first kappa shape index (κ1) is 16.7. The van der Waals surface area contributed by atoms with Crippen molar-refractivity contribution in [3.8, 4) is 0 Å². The van der Waals surface area contributed by atoms with Gasteiger partial charge in [-0.1, -0.05) is 6.42 Å². The molecule has 0 aliphatic carbocycles. The molecule has 3 atom stereocenters. The molecule has 0 radical (unpaired) electrons. The van der Waals surface area contributed by atoms with Crippen LogP contribution < -0.4 is 5.32 Å². The zero-order chi connectivity index (χ0) is 15.5. The van der Waals surface area contributed by atoms with E-state index < -0.39 is 5.54 Å². The second kappa shape index (κ2) is 7.07. The van der Waals surface area contributed by atoms with E-state index in [0.717, 1.165) is 13.1 Å². The molecule has 0 aromatic carbocycles. The number of esters is 1. The maximum atomic E-state index is 12.2. The average Bonchev–Trinajstić information content (AvgIpc) is 2.48. The topological polar surface area (TPSA) is 44.8 Å². The van der Waals surface area contributed by atoms with Crippen LogP contribution in [0.15, 0.2) is 0 Å². The lowest BCUT2D eigenvalue weighted by molar-refractivity contribution is -0.152. The number of fused-ring (bicyclic) bond motifs is 1. The van der Waals surface area contributed by atoms with Gasteiger partial charge < -0.3 is 10.1 Å². The average molecular weight is 297 g/mol. The minimum atomic E-state index is -0.624. The molecule has 2 rings (SSSR count). The van der Waals surface area contributed by atoms with Crippen LogP contribution in [-0.2, 0) is 9.53 Å². The van der Waals surface area contributed by atoms with Crippen LogP contribution in [0.5, 0.6) is 0 Å². The highest BCUT2D eigenvalue weighted by Gasteiger charge is 2.40. The lowest BCUT2D eigenvalue weighted by atomic mass is 9.94. The van der Waals surface area contributed by atoms with Gasteiger partial charge in [0.05, 0.1) is 6.61 Å². The molecule has 0 saturated carbocycles. The van der Waals surface area contributed by atoms with Crippen molar-refractivity contribution in [2.24, 2.45) is 0 Å². The van der Waals surface area contributed by atoms with E-state index in [0.29, 0.717) is 25.2 Å². The Morgan fingerprint density at radius 2 is 2.14 bits per heavy atom. The van der Waals surface area contributed by atoms with E-state index in [9.17, 15) is 4.79 Å². The summed E-state index contributed by atoms with van der Waals surface area (Å²) in [5.74, 6) is -0.147. The van der Waals surface area contributed by atoms with Crippen LogP contribution >= 0.6 is 0 Å². The van der Waals surface area contributed by atoms with Gasteiger partial charge >= 0.3 is 5.97 Å². The molecule has 21 heavy (non-hydrogen) atoms. The van der Waals surface area contributed by atoms with Gasteiger partial charge in [0.15, 0.2) is 0 Å². The van der Waals surface area contributed by atoms with Gasteiger partial charge in [0, 0.05) is 31.7 Å². The first-order valence-electron chi connectivity index (χ1n) is 8.34. The van der Waals surface area contributed by atoms with E-state index in [2.05, 4.69) is 22.0 Å². The van der Waals surface area contributed by atoms with Gasteiger partial charge in [0.1, 0.15) is 5.54 Å². The number of hydrogen-bond donors (Lipinski definition) is 1. The fourth-order valence-corrected chi connectivity index (χ4v) is 3.58. The Morgan fingerprint density at radius 3 is 2.81 bits per heavy atom. The Labute approximate surface area is 129 Å². The van der Waals surface area contributed by atoms with Crippen molar-refractivity contribution in [2.45, 2.75) is 57.7 Å². The Kier molecular flexibility index (Phi) is 5.63. The monoisotopic (exact) mass is 297 g/mol. The van der Waals surface area contributed by atoms with Crippen LogP contribution in [0.2, 0.25) is 0 Å². The summed E-state index contributed by atoms with van der Waals surface area (Å²) in [7, 11) is 1.85. The number of carbonyl (C=O) groups is 1. The van der Waals surface area contributed by atoms with E-state index in [1.54, 1.807) is 0 Å². The van der Waals surface area contributed by atoms with Crippen molar-refractivity contribution in [1.29, 1.82) is 0 Å². The maximum Gasteiger partial charge on any atom is 0.327 e. The highest BCUT2D eigenvalue weighted by Crippen LogP contribution is 2.25. The summed E-state index contributed by atoms with van der Waals surface area (Å²) in [6.07, 6.45) is 3.96. The lowest BCUT2D eigenvalue weighted by Gasteiger charge is -2.49. The molecule has 2 aliphatic heterocycles. The van der Waals surface area contributed by atoms with E-state index in [1.165, 1.54) is 25.8 Å². The van der Waals surface area contributed by atoms with Crippen molar-refractivity contribution in [2.75, 3.05) is 39.8 Å². The van der Waals surface area contributed by atoms with Crippen molar-refractivity contribution in [1.82, 2.24) is 15.1 Å². The number of rotatable bonds is 5. The number of hydrogen-bond acceptors (Lipinski definition) is 5. The van der Waals surface area contributed by atoms with E-state index in [1.807, 2.05) is 20.9 Å². The Balaban J connectivity index is 2.01. The molecule has 2 fully saturated rings. The van der Waals surface area contributed by atoms with Gasteiger partial charge in [-0.05, 0) is 47.2 Å². The fraction of sp³-hybridized carbons (Fsp3) is 0.938. The molecule has 0 aromatic rings. The largest absolute Gasteiger partial charge is 0.465 e. The molecule has 2 aliphatic rings. The van der Waals surface area contributed by atoms with Crippen LogP contribution in [-0.4, -0.2) is 73.2 Å². The highest BCUT2D eigenvalue weighted by molar-refractivity contribution is 5.80.